The minimum atomic E-state index is -0.239. The maximum Gasteiger partial charge on any atom is 0.185 e. The zero-order valence-electron chi connectivity index (χ0n) is 17.3. The minimum Gasteiger partial charge on any atom is -0.332 e. The van der Waals surface area contributed by atoms with Crippen molar-refractivity contribution in [2.45, 2.75) is 6.17 Å². The predicted octanol–water partition coefficient (Wildman–Crippen LogP) is 5.16. The number of aryl methyl sites for hydroxylation is 1. The molecule has 4 aromatic rings. The summed E-state index contributed by atoms with van der Waals surface area (Å²) in [5.74, 6) is 0.463. The highest BCUT2D eigenvalue weighted by molar-refractivity contribution is 5.81. The number of rotatable bonds is 6. The molecule has 0 N–H and O–H groups in total. The average Bonchev–Trinajstić information content (AvgIpc) is 3.26. The summed E-state index contributed by atoms with van der Waals surface area (Å²) in [6.07, 6.45) is 7.55. The molecule has 3 aromatic carbocycles. The van der Waals surface area contributed by atoms with E-state index in [9.17, 15) is 4.79 Å². The number of hydrogen-bond acceptors (Lipinski definition) is 4. The van der Waals surface area contributed by atoms with Gasteiger partial charge in [0.1, 0.15) is 0 Å². The van der Waals surface area contributed by atoms with E-state index in [1.807, 2.05) is 91.3 Å². The first kappa shape index (κ1) is 21.6. The number of imidazole rings is 1. The van der Waals surface area contributed by atoms with E-state index in [4.69, 9.17) is 0 Å². The molecule has 0 saturated carbocycles. The fourth-order valence-electron chi connectivity index (χ4n) is 2.72. The van der Waals surface area contributed by atoms with Crippen molar-refractivity contribution in [1.29, 1.82) is 0 Å². The second-order valence-corrected chi connectivity index (χ2v) is 6.68. The third-order valence-corrected chi connectivity index (χ3v) is 4.39. The molecule has 0 bridgehead atoms. The van der Waals surface area contributed by atoms with Crippen molar-refractivity contribution in [2.24, 2.45) is 17.0 Å². The van der Waals surface area contributed by atoms with Gasteiger partial charge in [0.25, 0.3) is 0 Å². The smallest absolute Gasteiger partial charge is 0.185 e. The number of aliphatic imine (C=N–C) groups is 2. The molecule has 0 atom stereocenters. The lowest BCUT2D eigenvalue weighted by atomic mass is 10.1. The minimum absolute atomic E-state index is 0.239. The van der Waals surface area contributed by atoms with Crippen molar-refractivity contribution in [3.05, 3.63) is 126 Å². The molecule has 0 aliphatic carbocycles. The molecule has 1 aromatic heterocycles. The van der Waals surface area contributed by atoms with Crippen LogP contribution in [0.5, 0.6) is 0 Å². The fraction of sp³-hybridized carbons (Fsp3) is 0.0769. The van der Waals surface area contributed by atoms with Gasteiger partial charge in [-0.05, 0) is 16.7 Å². The summed E-state index contributed by atoms with van der Waals surface area (Å²) >= 11 is 0. The molecule has 0 spiro atoms. The number of benzene rings is 3. The SMILES string of the molecule is C(=NC(N=Cc1ccccc1)c1ccccc1)c1ccccc1.Cn1ccnc1C=O. The Bertz CT molecular complexity index is 1050. The van der Waals surface area contributed by atoms with Gasteiger partial charge in [-0.2, -0.15) is 0 Å². The normalized spacial score (nSPS) is 11.8. The van der Waals surface area contributed by atoms with Crippen LogP contribution in [0.4, 0.5) is 0 Å². The lowest BCUT2D eigenvalue weighted by molar-refractivity contribution is 0.111. The van der Waals surface area contributed by atoms with Crippen LogP contribution in [0, 0.1) is 0 Å². The third-order valence-electron chi connectivity index (χ3n) is 4.39. The molecule has 0 radical (unpaired) electrons. The molecule has 154 valence electrons. The first-order valence-corrected chi connectivity index (χ1v) is 9.90. The Labute approximate surface area is 182 Å². The van der Waals surface area contributed by atoms with Gasteiger partial charge in [0.05, 0.1) is 0 Å². The van der Waals surface area contributed by atoms with Gasteiger partial charge in [-0.1, -0.05) is 91.0 Å². The molecule has 1 heterocycles. The van der Waals surface area contributed by atoms with Crippen LogP contribution >= 0.6 is 0 Å². The lowest BCUT2D eigenvalue weighted by Gasteiger charge is -2.07. The van der Waals surface area contributed by atoms with Gasteiger partial charge in [-0.15, -0.1) is 0 Å². The van der Waals surface area contributed by atoms with E-state index in [1.165, 1.54) is 0 Å². The zero-order valence-corrected chi connectivity index (χ0v) is 17.3. The number of nitrogens with zero attached hydrogens (tertiary/aromatic N) is 4. The number of aldehydes is 1. The Morgan fingerprint density at radius 3 is 1.65 bits per heavy atom. The molecular formula is C26H24N4O. The largest absolute Gasteiger partial charge is 0.332 e. The molecule has 31 heavy (non-hydrogen) atoms. The highest BCUT2D eigenvalue weighted by atomic mass is 16.1. The summed E-state index contributed by atoms with van der Waals surface area (Å²) in [6, 6.07) is 30.3. The molecule has 0 aliphatic rings. The Morgan fingerprint density at radius 2 is 1.26 bits per heavy atom. The topological polar surface area (TPSA) is 59.6 Å². The second kappa shape index (κ2) is 11.8. The van der Waals surface area contributed by atoms with E-state index >= 15 is 0 Å². The lowest BCUT2D eigenvalue weighted by Crippen LogP contribution is -1.94. The summed E-state index contributed by atoms with van der Waals surface area (Å²) in [5, 5.41) is 0. The summed E-state index contributed by atoms with van der Waals surface area (Å²) in [4.78, 5) is 23.0. The highest BCUT2D eigenvalue weighted by Crippen LogP contribution is 2.18. The van der Waals surface area contributed by atoms with Crippen LogP contribution in [0.15, 0.2) is 113 Å². The van der Waals surface area contributed by atoms with Crippen molar-refractivity contribution >= 4 is 18.7 Å². The van der Waals surface area contributed by atoms with E-state index in [0.29, 0.717) is 5.82 Å². The van der Waals surface area contributed by atoms with Crippen LogP contribution in [0.25, 0.3) is 0 Å². The summed E-state index contributed by atoms with van der Waals surface area (Å²) < 4.78 is 1.66. The molecule has 5 heteroatoms. The first-order chi connectivity index (χ1) is 15.3. The second-order valence-electron chi connectivity index (χ2n) is 6.68. The van der Waals surface area contributed by atoms with Crippen LogP contribution < -0.4 is 0 Å². The third kappa shape index (κ3) is 7.01. The van der Waals surface area contributed by atoms with E-state index in [-0.39, 0.29) is 6.17 Å². The van der Waals surface area contributed by atoms with Crippen LogP contribution in [-0.2, 0) is 7.05 Å². The molecular weight excluding hydrogens is 384 g/mol. The summed E-state index contributed by atoms with van der Waals surface area (Å²) in [7, 11) is 1.77. The van der Waals surface area contributed by atoms with Gasteiger partial charge in [0.2, 0.25) is 0 Å². The zero-order chi connectivity index (χ0) is 21.7. The Balaban J connectivity index is 0.000000287. The number of carbonyl (C=O) groups excluding carboxylic acids is 1. The van der Waals surface area contributed by atoms with Gasteiger partial charge in [-0.25, -0.2) is 4.98 Å². The van der Waals surface area contributed by atoms with Crippen LogP contribution in [0.1, 0.15) is 33.5 Å². The standard InChI is InChI=1S/C21H18N2.C5H6N2O/c1-4-10-18(11-5-1)16-22-21(20-14-8-3-9-15-20)23-17-19-12-6-2-7-13-19;1-7-3-2-6-5(7)4-8/h1-17,21H;2-4H,1H3. The Hall–Kier alpha value is -4.12. The number of aromatic nitrogens is 2. The van der Waals surface area contributed by atoms with Crippen LogP contribution in [0.3, 0.4) is 0 Å². The van der Waals surface area contributed by atoms with E-state index < -0.39 is 0 Å². The molecule has 0 fully saturated rings. The monoisotopic (exact) mass is 408 g/mol. The van der Waals surface area contributed by atoms with Crippen molar-refractivity contribution in [1.82, 2.24) is 9.55 Å². The fourth-order valence-corrected chi connectivity index (χ4v) is 2.72. The maximum absolute atomic E-state index is 10.0. The van der Waals surface area contributed by atoms with Crippen LogP contribution in [0.2, 0.25) is 0 Å². The van der Waals surface area contributed by atoms with Crippen molar-refractivity contribution in [2.75, 3.05) is 0 Å². The molecule has 5 nitrogen and oxygen atoms in total. The van der Waals surface area contributed by atoms with Gasteiger partial charge < -0.3 is 4.57 Å². The van der Waals surface area contributed by atoms with Gasteiger partial charge in [0, 0.05) is 31.9 Å². The van der Waals surface area contributed by atoms with Gasteiger partial charge in [0.15, 0.2) is 18.3 Å². The van der Waals surface area contributed by atoms with Gasteiger partial charge >= 0.3 is 0 Å². The van der Waals surface area contributed by atoms with E-state index in [0.717, 1.165) is 23.0 Å². The van der Waals surface area contributed by atoms with Crippen molar-refractivity contribution < 1.29 is 4.79 Å². The van der Waals surface area contributed by atoms with E-state index in [1.54, 1.807) is 24.0 Å². The molecule has 0 unspecified atom stereocenters. The Morgan fingerprint density at radius 1 is 0.774 bits per heavy atom. The number of carbonyl (C=O) groups is 1. The Kier molecular flexibility index (Phi) is 8.20. The van der Waals surface area contributed by atoms with E-state index in [2.05, 4.69) is 27.1 Å². The van der Waals surface area contributed by atoms with Crippen molar-refractivity contribution in [3.63, 3.8) is 0 Å². The molecule has 0 aliphatic heterocycles. The quantitative estimate of drug-likeness (QED) is 0.327. The average molecular weight is 409 g/mol. The maximum atomic E-state index is 10.0. The molecule has 0 amide bonds. The number of hydrogen-bond donors (Lipinski definition) is 0. The molecule has 0 saturated heterocycles. The molecule has 4 rings (SSSR count). The predicted molar refractivity (Wildman–Crippen MR) is 126 cm³/mol. The summed E-state index contributed by atoms with van der Waals surface area (Å²) in [5.41, 5.74) is 3.22. The summed E-state index contributed by atoms with van der Waals surface area (Å²) in [6.45, 7) is 0. The van der Waals surface area contributed by atoms with Crippen LogP contribution in [-0.4, -0.2) is 28.3 Å². The van der Waals surface area contributed by atoms with Gasteiger partial charge in [-0.3, -0.25) is 14.8 Å². The first-order valence-electron chi connectivity index (χ1n) is 9.90. The highest BCUT2D eigenvalue weighted by Gasteiger charge is 2.05. The van der Waals surface area contributed by atoms with Crippen molar-refractivity contribution in [3.8, 4) is 0 Å².